The second-order valence-corrected chi connectivity index (χ2v) is 4.03. The van der Waals surface area contributed by atoms with Crippen molar-refractivity contribution in [1.29, 1.82) is 0 Å². The molecule has 2 aromatic rings. The zero-order chi connectivity index (χ0) is 14.0. The average molecular weight is 285 g/mol. The van der Waals surface area contributed by atoms with Crippen molar-refractivity contribution >= 4 is 17.6 Å². The zero-order valence-corrected chi connectivity index (χ0v) is 10.6. The van der Waals surface area contributed by atoms with Crippen molar-refractivity contribution in [1.82, 2.24) is 9.55 Å². The Balaban J connectivity index is 2.29. The van der Waals surface area contributed by atoms with Gasteiger partial charge >= 0.3 is 11.7 Å². The molecule has 19 heavy (non-hydrogen) atoms. The van der Waals surface area contributed by atoms with Crippen molar-refractivity contribution in [2.75, 3.05) is 7.11 Å². The quantitative estimate of drug-likeness (QED) is 0.834. The van der Waals surface area contributed by atoms with Crippen molar-refractivity contribution < 1.29 is 13.9 Å². The van der Waals surface area contributed by atoms with Crippen LogP contribution in [0.3, 0.4) is 0 Å². The maximum absolute atomic E-state index is 11.5. The van der Waals surface area contributed by atoms with E-state index >= 15 is 0 Å². The van der Waals surface area contributed by atoms with E-state index in [-0.39, 0.29) is 17.3 Å². The summed E-state index contributed by atoms with van der Waals surface area (Å²) in [4.78, 5) is 35.8. The summed E-state index contributed by atoms with van der Waals surface area (Å²) in [5.74, 6) is -0.232. The van der Waals surface area contributed by atoms with Gasteiger partial charge in [0.25, 0.3) is 5.56 Å². The van der Waals surface area contributed by atoms with E-state index in [0.717, 1.165) is 4.57 Å². The van der Waals surface area contributed by atoms with Crippen LogP contribution in [-0.2, 0) is 11.3 Å². The Hall–Kier alpha value is -2.28. The van der Waals surface area contributed by atoms with E-state index in [1.165, 1.54) is 25.4 Å². The number of hydrogen-bond acceptors (Lipinski definition) is 5. The molecule has 0 aliphatic heterocycles. The van der Waals surface area contributed by atoms with Crippen LogP contribution in [0.25, 0.3) is 0 Å². The molecule has 2 aromatic heterocycles. The molecule has 0 unspecified atom stereocenters. The number of H-pyrrole nitrogens is 1. The van der Waals surface area contributed by atoms with Crippen molar-refractivity contribution in [2.24, 2.45) is 0 Å². The summed E-state index contributed by atoms with van der Waals surface area (Å²) in [7, 11) is 1.23. The van der Waals surface area contributed by atoms with Gasteiger partial charge < -0.3 is 9.15 Å². The maximum Gasteiger partial charge on any atom is 0.373 e. The molecule has 0 amide bonds. The Labute approximate surface area is 111 Å². The lowest BCUT2D eigenvalue weighted by Gasteiger charge is -2.02. The maximum atomic E-state index is 11.5. The summed E-state index contributed by atoms with van der Waals surface area (Å²) in [5, 5.41) is -0.112. The Morgan fingerprint density at radius 2 is 2.21 bits per heavy atom. The standard InChI is InChI=1S/C11H9ClN2O5/c1-18-10(16)8-3-2-6(19-8)4-14-5-7(12)9(15)13-11(14)17/h2-3,5H,4H2,1H3,(H,13,15,17). The van der Waals surface area contributed by atoms with Crippen LogP contribution in [0.5, 0.6) is 0 Å². The number of nitrogens with zero attached hydrogens (tertiary/aromatic N) is 1. The van der Waals surface area contributed by atoms with Gasteiger partial charge in [-0.05, 0) is 12.1 Å². The topological polar surface area (TPSA) is 94.3 Å². The van der Waals surface area contributed by atoms with E-state index in [9.17, 15) is 14.4 Å². The third-order valence-electron chi connectivity index (χ3n) is 2.34. The first-order valence-corrected chi connectivity index (χ1v) is 5.55. The van der Waals surface area contributed by atoms with Gasteiger partial charge in [-0.2, -0.15) is 0 Å². The average Bonchev–Trinajstić information content (AvgIpc) is 2.83. The second-order valence-electron chi connectivity index (χ2n) is 3.62. The van der Waals surface area contributed by atoms with Gasteiger partial charge in [0, 0.05) is 6.20 Å². The highest BCUT2D eigenvalue weighted by Crippen LogP contribution is 2.10. The molecule has 0 saturated heterocycles. The van der Waals surface area contributed by atoms with Crippen LogP contribution in [0.1, 0.15) is 16.3 Å². The molecule has 0 fully saturated rings. The summed E-state index contributed by atoms with van der Waals surface area (Å²) in [6, 6.07) is 2.96. The van der Waals surface area contributed by atoms with Gasteiger partial charge in [0.05, 0.1) is 13.7 Å². The first-order valence-electron chi connectivity index (χ1n) is 5.17. The van der Waals surface area contributed by atoms with Crippen LogP contribution in [0.15, 0.2) is 32.3 Å². The summed E-state index contributed by atoms with van der Waals surface area (Å²) in [6.07, 6.45) is 1.20. The Morgan fingerprint density at radius 1 is 1.47 bits per heavy atom. The third-order valence-corrected chi connectivity index (χ3v) is 2.61. The molecule has 100 valence electrons. The highest BCUT2D eigenvalue weighted by Gasteiger charge is 2.12. The zero-order valence-electron chi connectivity index (χ0n) is 9.81. The first-order chi connectivity index (χ1) is 9.01. The number of carbonyl (C=O) groups excluding carboxylic acids is 1. The normalized spacial score (nSPS) is 10.4. The van der Waals surface area contributed by atoms with E-state index in [4.69, 9.17) is 16.0 Å². The molecule has 0 bridgehead atoms. The summed E-state index contributed by atoms with van der Waals surface area (Å²) in [5.41, 5.74) is -1.27. The number of rotatable bonds is 3. The lowest BCUT2D eigenvalue weighted by atomic mass is 10.4. The predicted molar refractivity (Wildman–Crippen MR) is 65.5 cm³/mol. The van der Waals surface area contributed by atoms with E-state index in [2.05, 4.69) is 9.72 Å². The molecule has 0 atom stereocenters. The van der Waals surface area contributed by atoms with Crippen LogP contribution >= 0.6 is 11.6 Å². The fraction of sp³-hybridized carbons (Fsp3) is 0.182. The molecule has 2 heterocycles. The molecular weight excluding hydrogens is 276 g/mol. The van der Waals surface area contributed by atoms with Crippen LogP contribution in [0, 0.1) is 0 Å². The number of nitrogens with one attached hydrogen (secondary N) is 1. The largest absolute Gasteiger partial charge is 0.463 e. The molecule has 0 spiro atoms. The SMILES string of the molecule is COC(=O)c1ccc(Cn2cc(Cl)c(=O)[nH]c2=O)o1. The number of hydrogen-bond donors (Lipinski definition) is 1. The van der Waals surface area contributed by atoms with Gasteiger partial charge in [-0.3, -0.25) is 14.3 Å². The second kappa shape index (κ2) is 5.15. The summed E-state index contributed by atoms with van der Waals surface area (Å²) < 4.78 is 10.8. The Morgan fingerprint density at radius 3 is 2.89 bits per heavy atom. The number of methoxy groups -OCH3 is 1. The van der Waals surface area contributed by atoms with E-state index < -0.39 is 17.2 Å². The van der Waals surface area contributed by atoms with Crippen molar-refractivity contribution in [2.45, 2.75) is 6.54 Å². The monoisotopic (exact) mass is 284 g/mol. The van der Waals surface area contributed by atoms with E-state index in [1.54, 1.807) is 0 Å². The molecule has 7 nitrogen and oxygen atoms in total. The van der Waals surface area contributed by atoms with E-state index in [0.29, 0.717) is 5.76 Å². The summed E-state index contributed by atoms with van der Waals surface area (Å²) >= 11 is 5.62. The minimum atomic E-state index is -0.655. The number of carbonyl (C=O) groups is 1. The fourth-order valence-electron chi connectivity index (χ4n) is 1.44. The molecule has 0 radical (unpaired) electrons. The van der Waals surface area contributed by atoms with Crippen LogP contribution in [0.2, 0.25) is 5.02 Å². The molecule has 8 heteroatoms. The molecular formula is C11H9ClN2O5. The first kappa shape index (κ1) is 13.2. The van der Waals surface area contributed by atoms with Crippen molar-refractivity contribution in [3.05, 3.63) is 55.7 Å². The number of halogens is 1. The van der Waals surface area contributed by atoms with Crippen molar-refractivity contribution in [3.8, 4) is 0 Å². The number of esters is 1. The lowest BCUT2D eigenvalue weighted by Crippen LogP contribution is -2.29. The molecule has 0 aromatic carbocycles. The van der Waals surface area contributed by atoms with Crippen molar-refractivity contribution in [3.63, 3.8) is 0 Å². The number of aromatic amines is 1. The molecule has 0 aliphatic carbocycles. The third kappa shape index (κ3) is 2.76. The van der Waals surface area contributed by atoms with Gasteiger partial charge in [0.1, 0.15) is 10.8 Å². The van der Waals surface area contributed by atoms with Gasteiger partial charge in [-0.25, -0.2) is 9.59 Å². The molecule has 2 rings (SSSR count). The Kier molecular flexibility index (Phi) is 3.57. The van der Waals surface area contributed by atoms with Gasteiger partial charge in [-0.15, -0.1) is 0 Å². The molecule has 0 saturated carbocycles. The highest BCUT2D eigenvalue weighted by atomic mass is 35.5. The van der Waals surface area contributed by atoms with Gasteiger partial charge in [-0.1, -0.05) is 11.6 Å². The number of aromatic nitrogens is 2. The van der Waals surface area contributed by atoms with E-state index in [1.807, 2.05) is 0 Å². The van der Waals surface area contributed by atoms with Gasteiger partial charge in [0.15, 0.2) is 0 Å². The smallest absolute Gasteiger partial charge is 0.373 e. The molecule has 0 aliphatic rings. The fourth-order valence-corrected chi connectivity index (χ4v) is 1.61. The van der Waals surface area contributed by atoms with Gasteiger partial charge in [0.2, 0.25) is 5.76 Å². The summed E-state index contributed by atoms with van der Waals surface area (Å²) in [6.45, 7) is 0.0341. The van der Waals surface area contributed by atoms with Crippen LogP contribution in [0.4, 0.5) is 0 Å². The van der Waals surface area contributed by atoms with Crippen LogP contribution in [-0.4, -0.2) is 22.6 Å². The lowest BCUT2D eigenvalue weighted by molar-refractivity contribution is 0.0563. The number of furan rings is 1. The predicted octanol–water partition coefficient (Wildman–Crippen LogP) is 0.618. The minimum Gasteiger partial charge on any atom is -0.463 e. The molecule has 1 N–H and O–H groups in total. The minimum absolute atomic E-state index is 0.0288. The number of ether oxygens (including phenoxy) is 1. The van der Waals surface area contributed by atoms with Crippen LogP contribution < -0.4 is 11.2 Å². The Bertz CT molecular complexity index is 727. The highest BCUT2D eigenvalue weighted by molar-refractivity contribution is 6.30.